The Kier molecular flexibility index (Phi) is 6.33. The lowest BCUT2D eigenvalue weighted by Crippen LogP contribution is -2.57. The molecule has 120 valence electrons. The second-order valence-corrected chi connectivity index (χ2v) is 5.87. The minimum atomic E-state index is -0.391. The molecule has 0 aromatic carbocycles. The maximum absolute atomic E-state index is 11.4. The first-order valence-electron chi connectivity index (χ1n) is 7.27. The molecule has 2 unspecified atom stereocenters. The molecular formula is C15H25NO5. The van der Waals surface area contributed by atoms with Crippen LogP contribution in [-0.2, 0) is 23.9 Å². The molecule has 0 saturated carbocycles. The molecule has 1 rings (SSSR count). The zero-order valence-electron chi connectivity index (χ0n) is 13.3. The highest BCUT2D eigenvalue weighted by Gasteiger charge is 2.42. The van der Waals surface area contributed by atoms with Gasteiger partial charge in [-0.05, 0) is 18.8 Å². The van der Waals surface area contributed by atoms with Gasteiger partial charge in [0.25, 0.3) is 0 Å². The minimum Gasteiger partial charge on any atom is -0.463 e. The minimum absolute atomic E-state index is 0.00309. The molecule has 1 saturated heterocycles. The van der Waals surface area contributed by atoms with Crippen LogP contribution in [0.4, 0.5) is 0 Å². The molecule has 0 radical (unpaired) electrons. The lowest BCUT2D eigenvalue weighted by Gasteiger charge is -2.44. The smallest absolute Gasteiger partial charge is 0.302 e. The van der Waals surface area contributed by atoms with Crippen LogP contribution in [0.2, 0.25) is 0 Å². The van der Waals surface area contributed by atoms with E-state index in [4.69, 9.17) is 9.47 Å². The van der Waals surface area contributed by atoms with E-state index in [1.54, 1.807) is 0 Å². The summed E-state index contributed by atoms with van der Waals surface area (Å²) in [5.74, 6) is -0.277. The van der Waals surface area contributed by atoms with Gasteiger partial charge in [0.15, 0.2) is 0 Å². The highest BCUT2D eigenvalue weighted by atomic mass is 16.6. The van der Waals surface area contributed by atoms with Gasteiger partial charge >= 0.3 is 5.97 Å². The maximum atomic E-state index is 11.4. The van der Waals surface area contributed by atoms with Crippen molar-refractivity contribution < 1.29 is 23.9 Å². The van der Waals surface area contributed by atoms with Gasteiger partial charge in [0.05, 0.1) is 18.2 Å². The molecule has 1 fully saturated rings. The molecule has 0 spiro atoms. The summed E-state index contributed by atoms with van der Waals surface area (Å²) in [7, 11) is 0. The number of rotatable bonds is 5. The van der Waals surface area contributed by atoms with Gasteiger partial charge < -0.3 is 14.8 Å². The maximum Gasteiger partial charge on any atom is 0.302 e. The lowest BCUT2D eigenvalue weighted by atomic mass is 9.78. The van der Waals surface area contributed by atoms with Crippen LogP contribution in [0.1, 0.15) is 41.0 Å². The Hall–Kier alpha value is -1.43. The quantitative estimate of drug-likeness (QED) is 0.768. The number of amides is 1. The molecule has 0 aliphatic carbocycles. The van der Waals surface area contributed by atoms with Crippen molar-refractivity contribution in [1.82, 2.24) is 5.32 Å². The van der Waals surface area contributed by atoms with E-state index in [1.165, 1.54) is 20.8 Å². The average Bonchev–Trinajstić information content (AvgIpc) is 2.35. The van der Waals surface area contributed by atoms with Crippen molar-refractivity contribution in [2.24, 2.45) is 11.8 Å². The molecule has 1 N–H and O–H groups in total. The van der Waals surface area contributed by atoms with Crippen molar-refractivity contribution in [2.45, 2.75) is 59.3 Å². The number of Topliss-reactive ketones (excluding diaryl/α,β-unsaturated/α-hetero) is 1. The van der Waals surface area contributed by atoms with Gasteiger partial charge in [0.2, 0.25) is 5.91 Å². The Balaban J connectivity index is 2.84. The van der Waals surface area contributed by atoms with Crippen molar-refractivity contribution in [3.8, 4) is 0 Å². The topological polar surface area (TPSA) is 81.7 Å². The fraction of sp³-hybridized carbons (Fsp3) is 0.800. The first-order chi connectivity index (χ1) is 9.72. The van der Waals surface area contributed by atoms with Gasteiger partial charge in [-0.1, -0.05) is 13.8 Å². The summed E-state index contributed by atoms with van der Waals surface area (Å²) in [5.41, 5.74) is 0. The summed E-state index contributed by atoms with van der Waals surface area (Å²) in [6, 6.07) is -0.213. The molecule has 6 nitrogen and oxygen atoms in total. The van der Waals surface area contributed by atoms with E-state index in [2.05, 4.69) is 5.32 Å². The van der Waals surface area contributed by atoms with Crippen molar-refractivity contribution in [1.29, 1.82) is 0 Å². The number of carbonyl (C=O) groups excluding carboxylic acids is 3. The molecule has 0 aromatic heterocycles. The number of esters is 1. The van der Waals surface area contributed by atoms with Crippen LogP contribution in [0.25, 0.3) is 0 Å². The summed E-state index contributed by atoms with van der Waals surface area (Å²) < 4.78 is 11.0. The van der Waals surface area contributed by atoms with Gasteiger partial charge in [0.1, 0.15) is 12.4 Å². The highest BCUT2D eigenvalue weighted by molar-refractivity contribution is 5.77. The molecule has 21 heavy (non-hydrogen) atoms. The summed E-state index contributed by atoms with van der Waals surface area (Å²) in [6.07, 6.45) is -0.421. The summed E-state index contributed by atoms with van der Waals surface area (Å²) in [4.78, 5) is 33.8. The predicted molar refractivity (Wildman–Crippen MR) is 76.5 cm³/mol. The first kappa shape index (κ1) is 17.6. The van der Waals surface area contributed by atoms with E-state index >= 15 is 0 Å². The van der Waals surface area contributed by atoms with Crippen molar-refractivity contribution >= 4 is 17.7 Å². The second-order valence-electron chi connectivity index (χ2n) is 5.87. The third-order valence-corrected chi connectivity index (χ3v) is 4.04. The van der Waals surface area contributed by atoms with Crippen LogP contribution in [-0.4, -0.2) is 42.5 Å². The number of hydrogen-bond acceptors (Lipinski definition) is 5. The zero-order chi connectivity index (χ0) is 16.2. The molecule has 1 aliphatic rings. The number of nitrogens with one attached hydrogen (secondary N) is 1. The van der Waals surface area contributed by atoms with Crippen LogP contribution < -0.4 is 5.32 Å². The van der Waals surface area contributed by atoms with Gasteiger partial charge in [0, 0.05) is 20.3 Å². The number of ether oxygens (including phenoxy) is 2. The predicted octanol–water partition coefficient (Wildman–Crippen LogP) is 1.07. The van der Waals surface area contributed by atoms with Crippen molar-refractivity contribution in [3.05, 3.63) is 0 Å². The molecular weight excluding hydrogens is 274 g/mol. The fourth-order valence-electron chi connectivity index (χ4n) is 2.75. The number of hydrogen-bond donors (Lipinski definition) is 1. The van der Waals surface area contributed by atoms with Gasteiger partial charge in [-0.25, -0.2) is 0 Å². The molecule has 0 bridgehead atoms. The van der Waals surface area contributed by atoms with Gasteiger partial charge in [-0.2, -0.15) is 0 Å². The Morgan fingerprint density at radius 2 is 1.67 bits per heavy atom. The largest absolute Gasteiger partial charge is 0.463 e. The fourth-order valence-corrected chi connectivity index (χ4v) is 2.75. The van der Waals surface area contributed by atoms with E-state index < -0.39 is 6.10 Å². The van der Waals surface area contributed by atoms with Gasteiger partial charge in [-0.3, -0.25) is 14.4 Å². The first-order valence-corrected chi connectivity index (χ1v) is 7.27. The van der Waals surface area contributed by atoms with E-state index in [0.717, 1.165) is 0 Å². The normalized spacial score (nSPS) is 32.3. The number of ketones is 1. The Morgan fingerprint density at radius 1 is 1.05 bits per heavy atom. The summed E-state index contributed by atoms with van der Waals surface area (Å²) in [5, 5.41) is 2.88. The van der Waals surface area contributed by atoms with E-state index in [9.17, 15) is 14.4 Å². The Labute approximate surface area is 125 Å². The second kappa shape index (κ2) is 7.54. The molecule has 0 aromatic rings. The molecule has 1 aliphatic heterocycles. The SMILES string of the molecule is CC(=O)C[C@@H]1OC(COC(C)=O)[C@@H](C)[C@H](C)C1NC(C)=O. The van der Waals surface area contributed by atoms with Crippen LogP contribution in [0.5, 0.6) is 0 Å². The van der Waals surface area contributed by atoms with Crippen LogP contribution in [0.15, 0.2) is 0 Å². The highest BCUT2D eigenvalue weighted by Crippen LogP contribution is 2.32. The van der Waals surface area contributed by atoms with Crippen LogP contribution in [0, 0.1) is 11.8 Å². The zero-order valence-corrected chi connectivity index (χ0v) is 13.3. The van der Waals surface area contributed by atoms with Crippen LogP contribution in [0.3, 0.4) is 0 Å². The molecule has 6 heteroatoms. The third kappa shape index (κ3) is 5.12. The number of carbonyl (C=O) groups is 3. The Morgan fingerprint density at radius 3 is 2.14 bits per heavy atom. The monoisotopic (exact) mass is 299 g/mol. The Bertz CT molecular complexity index is 407. The summed E-state index contributed by atoms with van der Waals surface area (Å²) >= 11 is 0. The lowest BCUT2D eigenvalue weighted by molar-refractivity contribution is -0.167. The third-order valence-electron chi connectivity index (χ3n) is 4.04. The van der Waals surface area contributed by atoms with E-state index in [1.807, 2.05) is 13.8 Å². The molecule has 5 atom stereocenters. The van der Waals surface area contributed by atoms with Crippen molar-refractivity contribution in [3.63, 3.8) is 0 Å². The molecule has 1 heterocycles. The van der Waals surface area contributed by atoms with Crippen LogP contribution >= 0.6 is 0 Å². The summed E-state index contributed by atoms with van der Waals surface area (Å²) in [6.45, 7) is 8.48. The average molecular weight is 299 g/mol. The van der Waals surface area contributed by atoms with E-state index in [-0.39, 0.29) is 54.7 Å². The molecule has 1 amide bonds. The van der Waals surface area contributed by atoms with E-state index in [0.29, 0.717) is 0 Å². The van der Waals surface area contributed by atoms with Gasteiger partial charge in [-0.15, -0.1) is 0 Å². The van der Waals surface area contributed by atoms with Crippen molar-refractivity contribution in [2.75, 3.05) is 6.61 Å². The standard InChI is InChI=1S/C15H25NO5/c1-8(17)6-13-15(16-11(4)18)10(3)9(2)14(21-13)7-20-12(5)19/h9-10,13-15H,6-7H2,1-5H3,(H,16,18)/t9-,10-,13-,14?,15?/m0/s1.